The number of benzene rings is 3. The Labute approximate surface area is 224 Å². The number of hydrogen-bond donors (Lipinski definition) is 2. The van der Waals surface area contributed by atoms with Crippen LogP contribution in [0.2, 0.25) is 5.02 Å². The fraction of sp³-hybridized carbons (Fsp3) is 0.241. The van der Waals surface area contributed by atoms with Crippen molar-refractivity contribution in [2.24, 2.45) is 0 Å². The molecule has 4 aromatic rings. The molecule has 0 aliphatic carbocycles. The summed E-state index contributed by atoms with van der Waals surface area (Å²) in [6, 6.07) is 21.4. The Kier molecular flexibility index (Phi) is 8.76. The van der Waals surface area contributed by atoms with E-state index in [9.17, 15) is 19.2 Å². The number of para-hydroxylation sites is 2. The van der Waals surface area contributed by atoms with Crippen LogP contribution < -0.4 is 21.9 Å². The summed E-state index contributed by atoms with van der Waals surface area (Å²) in [4.78, 5) is 51.5. The SMILES string of the molecule is Cc1ccccc1NC(=O)Cn1c(=O)n(CCCCC(=O)NCc2ccccc2Cl)c(=O)c2ccccc21. The van der Waals surface area contributed by atoms with Crippen LogP contribution in [-0.4, -0.2) is 20.9 Å². The first kappa shape index (κ1) is 26.9. The van der Waals surface area contributed by atoms with Gasteiger partial charge < -0.3 is 10.6 Å². The maximum Gasteiger partial charge on any atom is 0.331 e. The molecule has 0 saturated heterocycles. The second-order valence-corrected chi connectivity index (χ2v) is 9.44. The third-order valence-corrected chi connectivity index (χ3v) is 6.69. The minimum Gasteiger partial charge on any atom is -0.352 e. The van der Waals surface area contributed by atoms with Gasteiger partial charge in [0.2, 0.25) is 11.8 Å². The fourth-order valence-electron chi connectivity index (χ4n) is 4.25. The Hall–Kier alpha value is -4.17. The van der Waals surface area contributed by atoms with E-state index < -0.39 is 11.2 Å². The van der Waals surface area contributed by atoms with Crippen molar-refractivity contribution in [2.75, 3.05) is 5.32 Å². The summed E-state index contributed by atoms with van der Waals surface area (Å²) >= 11 is 6.12. The van der Waals surface area contributed by atoms with E-state index in [4.69, 9.17) is 11.6 Å². The highest BCUT2D eigenvalue weighted by Gasteiger charge is 2.16. The molecule has 0 bridgehead atoms. The summed E-state index contributed by atoms with van der Waals surface area (Å²) < 4.78 is 2.46. The van der Waals surface area contributed by atoms with Crippen LogP contribution in [0.4, 0.5) is 5.69 Å². The van der Waals surface area contributed by atoms with Crippen molar-refractivity contribution in [2.45, 2.75) is 45.8 Å². The highest BCUT2D eigenvalue weighted by atomic mass is 35.5. The summed E-state index contributed by atoms with van der Waals surface area (Å²) in [6.45, 7) is 2.12. The van der Waals surface area contributed by atoms with Gasteiger partial charge in [-0.25, -0.2) is 4.79 Å². The number of anilines is 1. The molecule has 9 heteroatoms. The van der Waals surface area contributed by atoms with Gasteiger partial charge in [-0.15, -0.1) is 0 Å². The van der Waals surface area contributed by atoms with E-state index in [1.165, 1.54) is 4.57 Å². The van der Waals surface area contributed by atoms with Gasteiger partial charge in [0.1, 0.15) is 6.54 Å². The molecule has 2 amide bonds. The zero-order chi connectivity index (χ0) is 27.1. The summed E-state index contributed by atoms with van der Waals surface area (Å²) in [5, 5.41) is 6.62. The molecule has 196 valence electrons. The molecular formula is C29H29ClN4O4. The van der Waals surface area contributed by atoms with Gasteiger partial charge in [-0.05, 0) is 55.2 Å². The lowest BCUT2D eigenvalue weighted by molar-refractivity contribution is -0.121. The first-order chi connectivity index (χ1) is 18.3. The van der Waals surface area contributed by atoms with Gasteiger partial charge in [0, 0.05) is 30.2 Å². The molecule has 3 aromatic carbocycles. The second-order valence-electron chi connectivity index (χ2n) is 9.03. The van der Waals surface area contributed by atoms with Crippen LogP contribution >= 0.6 is 11.6 Å². The Morgan fingerprint density at radius 2 is 1.55 bits per heavy atom. The van der Waals surface area contributed by atoms with Gasteiger partial charge in [0.15, 0.2) is 0 Å². The molecule has 1 heterocycles. The minimum absolute atomic E-state index is 0.138. The number of aromatic nitrogens is 2. The number of halogens is 1. The molecule has 0 aliphatic rings. The average Bonchev–Trinajstić information content (AvgIpc) is 2.91. The Morgan fingerprint density at radius 1 is 0.842 bits per heavy atom. The van der Waals surface area contributed by atoms with Gasteiger partial charge in [0.25, 0.3) is 5.56 Å². The second kappa shape index (κ2) is 12.4. The number of hydrogen-bond acceptors (Lipinski definition) is 4. The molecule has 4 rings (SSSR count). The van der Waals surface area contributed by atoms with Crippen molar-refractivity contribution >= 4 is 40.0 Å². The normalized spacial score (nSPS) is 10.9. The monoisotopic (exact) mass is 532 g/mol. The van der Waals surface area contributed by atoms with Crippen molar-refractivity contribution < 1.29 is 9.59 Å². The maximum atomic E-state index is 13.3. The molecule has 1 aromatic heterocycles. The fourth-order valence-corrected chi connectivity index (χ4v) is 4.45. The highest BCUT2D eigenvalue weighted by Crippen LogP contribution is 2.15. The van der Waals surface area contributed by atoms with Crippen molar-refractivity contribution in [1.82, 2.24) is 14.5 Å². The molecule has 0 radical (unpaired) electrons. The van der Waals surface area contributed by atoms with Gasteiger partial charge >= 0.3 is 5.69 Å². The predicted molar refractivity (Wildman–Crippen MR) is 149 cm³/mol. The van der Waals surface area contributed by atoms with Gasteiger partial charge in [-0.3, -0.25) is 23.5 Å². The van der Waals surface area contributed by atoms with Gasteiger partial charge in [-0.2, -0.15) is 0 Å². The van der Waals surface area contributed by atoms with E-state index >= 15 is 0 Å². The zero-order valence-corrected chi connectivity index (χ0v) is 21.8. The van der Waals surface area contributed by atoms with Crippen molar-refractivity contribution in [3.63, 3.8) is 0 Å². The lowest BCUT2D eigenvalue weighted by Gasteiger charge is -2.15. The number of carbonyl (C=O) groups excluding carboxylic acids is 2. The summed E-state index contributed by atoms with van der Waals surface area (Å²) in [5.74, 6) is -0.506. The molecule has 0 fully saturated rings. The molecule has 2 N–H and O–H groups in total. The molecule has 8 nitrogen and oxygen atoms in total. The van der Waals surface area contributed by atoms with Crippen molar-refractivity contribution in [1.29, 1.82) is 0 Å². The first-order valence-electron chi connectivity index (χ1n) is 12.4. The van der Waals surface area contributed by atoms with Crippen molar-refractivity contribution in [3.05, 3.63) is 110 Å². The zero-order valence-electron chi connectivity index (χ0n) is 21.1. The summed E-state index contributed by atoms with van der Waals surface area (Å²) in [7, 11) is 0. The lowest BCUT2D eigenvalue weighted by atomic mass is 10.2. The van der Waals surface area contributed by atoms with E-state index in [0.29, 0.717) is 41.0 Å². The van der Waals surface area contributed by atoms with E-state index in [0.717, 1.165) is 15.7 Å². The minimum atomic E-state index is -0.559. The summed E-state index contributed by atoms with van der Waals surface area (Å²) in [6.07, 6.45) is 1.18. The smallest absolute Gasteiger partial charge is 0.331 e. The van der Waals surface area contributed by atoms with Crippen LogP contribution in [0.15, 0.2) is 82.4 Å². The molecule has 0 saturated carbocycles. The molecule has 0 aliphatic heterocycles. The topological polar surface area (TPSA) is 102 Å². The Morgan fingerprint density at radius 3 is 2.34 bits per heavy atom. The molecule has 38 heavy (non-hydrogen) atoms. The standard InChI is InChI=1S/C29H29ClN4O4/c1-20-10-2-6-14-24(20)32-27(36)19-34-25-15-7-4-12-22(25)28(37)33(29(34)38)17-9-8-16-26(35)31-18-21-11-3-5-13-23(21)30/h2-7,10-15H,8-9,16-19H2,1H3,(H,31,35)(H,32,36). The number of carbonyl (C=O) groups is 2. The number of fused-ring (bicyclic) bond motifs is 1. The quantitative estimate of drug-likeness (QED) is 0.298. The van der Waals surface area contributed by atoms with Gasteiger partial charge in [-0.1, -0.05) is 60.1 Å². The summed E-state index contributed by atoms with van der Waals surface area (Å²) in [5.41, 5.74) is 1.82. The van der Waals surface area contributed by atoms with Gasteiger partial charge in [0.05, 0.1) is 10.9 Å². The Bertz CT molecular complexity index is 1590. The number of unbranched alkanes of at least 4 members (excludes halogenated alkanes) is 1. The number of nitrogens with zero attached hydrogens (tertiary/aromatic N) is 2. The van der Waals surface area contributed by atoms with Crippen LogP contribution in [0.1, 0.15) is 30.4 Å². The molecule has 0 atom stereocenters. The molecule has 0 unspecified atom stereocenters. The third-order valence-electron chi connectivity index (χ3n) is 6.32. The van der Waals surface area contributed by atoms with Crippen LogP contribution in [-0.2, 0) is 29.2 Å². The lowest BCUT2D eigenvalue weighted by Crippen LogP contribution is -2.41. The van der Waals surface area contributed by atoms with E-state index in [1.54, 1.807) is 36.4 Å². The number of rotatable bonds is 10. The maximum absolute atomic E-state index is 13.3. The van der Waals surface area contributed by atoms with E-state index in [1.807, 2.05) is 43.3 Å². The van der Waals surface area contributed by atoms with E-state index in [2.05, 4.69) is 10.6 Å². The average molecular weight is 533 g/mol. The molecule has 0 spiro atoms. The number of aryl methyl sites for hydroxylation is 1. The number of amides is 2. The Balaban J connectivity index is 1.43. The molecular weight excluding hydrogens is 504 g/mol. The van der Waals surface area contributed by atoms with Crippen LogP contribution in [0.3, 0.4) is 0 Å². The first-order valence-corrected chi connectivity index (χ1v) is 12.8. The van der Waals surface area contributed by atoms with Crippen LogP contribution in [0, 0.1) is 6.92 Å². The predicted octanol–water partition coefficient (Wildman–Crippen LogP) is 4.25. The van der Waals surface area contributed by atoms with Crippen LogP contribution in [0.25, 0.3) is 10.9 Å². The highest BCUT2D eigenvalue weighted by molar-refractivity contribution is 6.31. The third kappa shape index (κ3) is 6.39. The van der Waals surface area contributed by atoms with E-state index in [-0.39, 0.29) is 31.3 Å². The largest absolute Gasteiger partial charge is 0.352 e. The van der Waals surface area contributed by atoms with Crippen molar-refractivity contribution in [3.8, 4) is 0 Å². The number of nitrogens with one attached hydrogen (secondary N) is 2. The van der Waals surface area contributed by atoms with Crippen LogP contribution in [0.5, 0.6) is 0 Å².